The summed E-state index contributed by atoms with van der Waals surface area (Å²) in [6.45, 7) is 3.32. The van der Waals surface area contributed by atoms with Gasteiger partial charge in [-0.1, -0.05) is 24.0 Å². The van der Waals surface area contributed by atoms with Gasteiger partial charge in [0.25, 0.3) is 5.95 Å². The summed E-state index contributed by atoms with van der Waals surface area (Å²) in [5, 5.41) is 21.7. The molecule has 256 valence electrons. The van der Waals surface area contributed by atoms with Crippen molar-refractivity contribution >= 4 is 17.6 Å². The van der Waals surface area contributed by atoms with Crippen LogP contribution in [0.25, 0.3) is 0 Å². The molecule has 3 aromatic rings. The highest BCUT2D eigenvalue weighted by molar-refractivity contribution is 5.68. The third kappa shape index (κ3) is 8.36. The number of tetrazole rings is 1. The number of fused-ring (bicyclic) bond motifs is 1. The number of carboxylic acids is 1. The largest absolute Gasteiger partial charge is 0.481 e. The van der Waals surface area contributed by atoms with E-state index in [1.54, 1.807) is 4.90 Å². The van der Waals surface area contributed by atoms with E-state index in [0.29, 0.717) is 19.5 Å². The Morgan fingerprint density at radius 1 is 0.915 bits per heavy atom. The summed E-state index contributed by atoms with van der Waals surface area (Å²) < 4.78 is 81.8. The Kier molecular flexibility index (Phi) is 10.1. The summed E-state index contributed by atoms with van der Waals surface area (Å²) >= 11 is 0. The summed E-state index contributed by atoms with van der Waals surface area (Å²) in [7, 11) is 1.53. The summed E-state index contributed by atoms with van der Waals surface area (Å²) in [6.07, 6.45) is -1.89. The minimum atomic E-state index is -4.96. The van der Waals surface area contributed by atoms with Gasteiger partial charge in [0, 0.05) is 31.9 Å². The van der Waals surface area contributed by atoms with E-state index in [0.717, 1.165) is 74.8 Å². The molecule has 47 heavy (non-hydrogen) atoms. The molecule has 1 heterocycles. The lowest BCUT2D eigenvalue weighted by Gasteiger charge is -2.33. The van der Waals surface area contributed by atoms with Gasteiger partial charge in [-0.15, -0.1) is 5.10 Å². The molecular weight excluding hydrogens is 626 g/mol. The first kappa shape index (κ1) is 34.5. The van der Waals surface area contributed by atoms with Crippen LogP contribution in [0.1, 0.15) is 85.3 Å². The zero-order valence-electron chi connectivity index (χ0n) is 26.6. The molecule has 1 saturated carbocycles. The predicted molar refractivity (Wildman–Crippen MR) is 164 cm³/mol. The van der Waals surface area contributed by atoms with E-state index in [1.807, 2.05) is 0 Å². The van der Waals surface area contributed by atoms with Gasteiger partial charge in [-0.05, 0) is 109 Å². The fourth-order valence-electron chi connectivity index (χ4n) is 7.18. The number of carboxylic acid groups (broad SMARTS) is 1. The molecule has 0 bridgehead atoms. The standard InChI is InChI=1S/C33H40F6N6O2/c1-3-44(14-12-31(20-29(46)47)10-4-5-11-31)28-18-24-8-6-7-23(24)17-25(28)9-13-45(30-40-42-43(2)41-30)21-22-15-26(32(34,35)36)19-27(16-22)33(37,38)39/h15-19H,3-14,20-21H2,1-2H3,(H,46,47). The number of anilines is 2. The van der Waals surface area contributed by atoms with Crippen molar-refractivity contribution in [3.05, 3.63) is 63.7 Å². The smallest absolute Gasteiger partial charge is 0.416 e. The number of hydrogen-bond donors (Lipinski definition) is 1. The number of carbonyl (C=O) groups is 1. The normalized spacial score (nSPS) is 16.0. The van der Waals surface area contributed by atoms with Gasteiger partial charge in [-0.25, -0.2) is 0 Å². The van der Waals surface area contributed by atoms with Gasteiger partial charge in [-0.3, -0.25) is 4.79 Å². The maximum absolute atomic E-state index is 13.6. The Morgan fingerprint density at radius 3 is 2.11 bits per heavy atom. The zero-order valence-corrected chi connectivity index (χ0v) is 26.6. The van der Waals surface area contributed by atoms with Crippen molar-refractivity contribution < 1.29 is 36.2 Å². The summed E-state index contributed by atoms with van der Waals surface area (Å²) in [6, 6.07) is 5.95. The van der Waals surface area contributed by atoms with E-state index >= 15 is 0 Å². The first-order valence-corrected chi connectivity index (χ1v) is 16.0. The average molecular weight is 667 g/mol. The molecule has 0 amide bonds. The molecule has 0 atom stereocenters. The molecule has 2 aromatic carbocycles. The molecule has 0 unspecified atom stereocenters. The van der Waals surface area contributed by atoms with Crippen LogP contribution in [-0.2, 0) is 50.0 Å². The SMILES string of the molecule is CCN(CCC1(CC(=O)O)CCCC1)c1cc2c(cc1CCN(Cc1cc(C(F)(F)F)cc(C(F)(F)F)c1)c1nnn(C)n1)CCC2. The number of aliphatic carboxylic acids is 1. The number of hydrogen-bond acceptors (Lipinski definition) is 6. The van der Waals surface area contributed by atoms with Gasteiger partial charge in [0.15, 0.2) is 0 Å². The van der Waals surface area contributed by atoms with Crippen LogP contribution in [0.15, 0.2) is 30.3 Å². The Morgan fingerprint density at radius 2 is 1.55 bits per heavy atom. The summed E-state index contributed by atoms with van der Waals surface area (Å²) in [5.41, 5.74) is 1.35. The summed E-state index contributed by atoms with van der Waals surface area (Å²) in [5.74, 6) is -0.695. The molecule has 8 nitrogen and oxygen atoms in total. The Balaban J connectivity index is 1.44. The van der Waals surface area contributed by atoms with Gasteiger partial charge in [0.2, 0.25) is 0 Å². The van der Waals surface area contributed by atoms with Crippen LogP contribution in [0.5, 0.6) is 0 Å². The van der Waals surface area contributed by atoms with E-state index in [4.69, 9.17) is 0 Å². The van der Waals surface area contributed by atoms with Gasteiger partial charge in [0.1, 0.15) is 0 Å². The van der Waals surface area contributed by atoms with Gasteiger partial charge >= 0.3 is 18.3 Å². The van der Waals surface area contributed by atoms with Crippen LogP contribution >= 0.6 is 0 Å². The van der Waals surface area contributed by atoms with Gasteiger partial charge in [0.05, 0.1) is 24.6 Å². The van der Waals surface area contributed by atoms with E-state index in [9.17, 15) is 36.2 Å². The second kappa shape index (κ2) is 13.7. The molecule has 1 aromatic heterocycles. The predicted octanol–water partition coefficient (Wildman–Crippen LogP) is 7.24. The summed E-state index contributed by atoms with van der Waals surface area (Å²) in [4.78, 5) is 16.7. The molecule has 5 rings (SSSR count). The first-order chi connectivity index (χ1) is 22.2. The Labute approximate surface area is 269 Å². The van der Waals surface area contributed by atoms with Crippen molar-refractivity contribution in [2.75, 3.05) is 29.4 Å². The number of nitrogens with zero attached hydrogens (tertiary/aromatic N) is 6. The Bertz CT molecular complexity index is 1530. The zero-order chi connectivity index (χ0) is 34.0. The quantitative estimate of drug-likeness (QED) is 0.193. The molecule has 2 aliphatic carbocycles. The second-order valence-electron chi connectivity index (χ2n) is 12.9. The minimum absolute atomic E-state index is 0.0883. The van der Waals surface area contributed by atoms with Crippen molar-refractivity contribution in [1.29, 1.82) is 0 Å². The monoisotopic (exact) mass is 666 g/mol. The van der Waals surface area contributed by atoms with Crippen LogP contribution in [0, 0.1) is 5.41 Å². The number of rotatable bonds is 13. The highest BCUT2D eigenvalue weighted by atomic mass is 19.4. The number of aryl methyl sites for hydroxylation is 3. The number of alkyl halides is 6. The third-order valence-corrected chi connectivity index (χ3v) is 9.57. The lowest BCUT2D eigenvalue weighted by atomic mass is 9.79. The molecule has 2 aliphatic rings. The molecule has 14 heteroatoms. The van der Waals surface area contributed by atoms with E-state index in [1.165, 1.54) is 23.0 Å². The molecule has 0 aliphatic heterocycles. The van der Waals surface area contributed by atoms with Crippen LogP contribution < -0.4 is 9.80 Å². The van der Waals surface area contributed by atoms with Crippen molar-refractivity contribution in [3.8, 4) is 0 Å². The van der Waals surface area contributed by atoms with Crippen molar-refractivity contribution in [1.82, 2.24) is 20.2 Å². The number of benzene rings is 2. The molecule has 0 saturated heterocycles. The van der Waals surface area contributed by atoms with E-state index < -0.39 is 29.4 Å². The lowest BCUT2D eigenvalue weighted by Crippen LogP contribution is -2.32. The highest BCUT2D eigenvalue weighted by Crippen LogP contribution is 2.45. The highest BCUT2D eigenvalue weighted by Gasteiger charge is 2.38. The topological polar surface area (TPSA) is 87.4 Å². The molecule has 1 N–H and O–H groups in total. The molecular formula is C33H40F6N6O2. The minimum Gasteiger partial charge on any atom is -0.481 e. The van der Waals surface area contributed by atoms with Crippen LogP contribution in [0.4, 0.5) is 38.0 Å². The van der Waals surface area contributed by atoms with Crippen molar-refractivity contribution in [2.45, 2.75) is 90.0 Å². The first-order valence-electron chi connectivity index (χ1n) is 16.0. The van der Waals surface area contributed by atoms with Crippen molar-refractivity contribution in [2.24, 2.45) is 12.5 Å². The second-order valence-corrected chi connectivity index (χ2v) is 12.9. The van der Waals surface area contributed by atoms with Gasteiger partial charge < -0.3 is 14.9 Å². The van der Waals surface area contributed by atoms with Crippen LogP contribution in [0.2, 0.25) is 0 Å². The van der Waals surface area contributed by atoms with Crippen molar-refractivity contribution in [3.63, 3.8) is 0 Å². The number of aromatic nitrogens is 4. The molecule has 0 radical (unpaired) electrons. The maximum Gasteiger partial charge on any atom is 0.416 e. The van der Waals surface area contributed by atoms with Gasteiger partial charge in [-0.2, -0.15) is 31.1 Å². The van der Waals surface area contributed by atoms with Crippen LogP contribution in [0.3, 0.4) is 0 Å². The van der Waals surface area contributed by atoms with E-state index in [2.05, 4.69) is 39.4 Å². The third-order valence-electron chi connectivity index (χ3n) is 9.57. The van der Waals surface area contributed by atoms with Crippen LogP contribution in [-0.4, -0.2) is 50.9 Å². The number of halogens is 6. The molecule has 0 spiro atoms. The fourth-order valence-corrected chi connectivity index (χ4v) is 7.18. The fraction of sp³-hybridized carbons (Fsp3) is 0.576. The Hall–Kier alpha value is -3.84. The van der Waals surface area contributed by atoms with E-state index in [-0.39, 0.29) is 42.5 Å². The maximum atomic E-state index is 13.6. The molecule has 1 fully saturated rings. The lowest BCUT2D eigenvalue weighted by molar-refractivity contribution is -0.143. The average Bonchev–Trinajstić information content (AvgIpc) is 3.75.